The Bertz CT molecular complexity index is 862. The summed E-state index contributed by atoms with van der Waals surface area (Å²) in [4.78, 5) is 2.19. The van der Waals surface area contributed by atoms with Crippen molar-refractivity contribution in [3.63, 3.8) is 0 Å². The molecule has 0 unspecified atom stereocenters. The van der Waals surface area contributed by atoms with Crippen LogP contribution < -0.4 is 19.0 Å². The summed E-state index contributed by atoms with van der Waals surface area (Å²) in [5, 5.41) is 3.80. The molecular weight excluding hydrogens is 356 g/mol. The normalized spacial score (nSPS) is 11.6. The van der Waals surface area contributed by atoms with Gasteiger partial charge in [0.1, 0.15) is 5.75 Å². The van der Waals surface area contributed by atoms with Crippen LogP contribution in [0.25, 0.3) is 0 Å². The summed E-state index contributed by atoms with van der Waals surface area (Å²) < 4.78 is 40.4. The van der Waals surface area contributed by atoms with E-state index in [1.54, 1.807) is 24.3 Å². The first-order valence-corrected chi connectivity index (χ1v) is 9.37. The van der Waals surface area contributed by atoms with Crippen LogP contribution in [0, 0.1) is 0 Å². The Morgan fingerprint density at radius 3 is 2.23 bits per heavy atom. The first-order chi connectivity index (χ1) is 12.4. The first-order valence-electron chi connectivity index (χ1n) is 7.89. The predicted octanol–water partition coefficient (Wildman–Crippen LogP) is 2.80. The molecule has 0 bridgehead atoms. The quantitative estimate of drug-likeness (QED) is 0.564. The molecule has 0 saturated heterocycles. The number of benzene rings is 2. The van der Waals surface area contributed by atoms with Crippen LogP contribution in [0.15, 0.2) is 52.5 Å². The van der Waals surface area contributed by atoms with E-state index in [1.165, 1.54) is 38.6 Å². The van der Waals surface area contributed by atoms with Gasteiger partial charge >= 0.3 is 0 Å². The highest BCUT2D eigenvalue weighted by atomic mass is 32.2. The second kappa shape index (κ2) is 8.57. The number of hydrogen-bond acceptors (Lipinski definition) is 6. The fourth-order valence-electron chi connectivity index (χ4n) is 2.11. The second-order valence-corrected chi connectivity index (χ2v) is 7.27. The molecule has 8 heteroatoms. The zero-order chi connectivity index (χ0) is 19.2. The standard InChI is InChI=1S/C18H22N2O5S/c1-13(2)25-15-7-5-14(6-8-15)12-19-20-26(21,22)16-9-10-17(23-3)18(11-16)24-4/h5-13,20H,1-4H3/b19-12+. The van der Waals surface area contributed by atoms with Gasteiger partial charge in [-0.05, 0) is 55.8 Å². The van der Waals surface area contributed by atoms with E-state index in [0.717, 1.165) is 11.3 Å². The number of rotatable bonds is 8. The Kier molecular flexibility index (Phi) is 6.46. The lowest BCUT2D eigenvalue weighted by atomic mass is 10.2. The molecule has 0 saturated carbocycles. The molecule has 26 heavy (non-hydrogen) atoms. The van der Waals surface area contributed by atoms with E-state index in [1.807, 2.05) is 13.8 Å². The highest BCUT2D eigenvalue weighted by Gasteiger charge is 2.16. The molecule has 2 rings (SSSR count). The van der Waals surface area contributed by atoms with Crippen molar-refractivity contribution in [2.24, 2.45) is 5.10 Å². The van der Waals surface area contributed by atoms with Gasteiger partial charge in [0.15, 0.2) is 11.5 Å². The molecule has 0 aliphatic heterocycles. The summed E-state index contributed by atoms with van der Waals surface area (Å²) in [6.07, 6.45) is 1.50. The van der Waals surface area contributed by atoms with Crippen LogP contribution in [-0.2, 0) is 10.0 Å². The third-order valence-corrected chi connectivity index (χ3v) is 4.52. The number of sulfonamides is 1. The average molecular weight is 378 g/mol. The zero-order valence-electron chi connectivity index (χ0n) is 15.1. The number of hydrazone groups is 1. The SMILES string of the molecule is COc1ccc(S(=O)(=O)N/N=C/c2ccc(OC(C)C)cc2)cc1OC. The Morgan fingerprint density at radius 1 is 1.00 bits per heavy atom. The van der Waals surface area contributed by atoms with Gasteiger partial charge in [0, 0.05) is 6.07 Å². The molecule has 1 N–H and O–H groups in total. The molecule has 0 radical (unpaired) electrons. The molecule has 0 spiro atoms. The molecule has 0 aliphatic rings. The van der Waals surface area contributed by atoms with Crippen LogP contribution in [-0.4, -0.2) is 35.0 Å². The fraction of sp³-hybridized carbons (Fsp3) is 0.278. The van der Waals surface area contributed by atoms with Gasteiger partial charge in [-0.3, -0.25) is 0 Å². The molecule has 0 heterocycles. The number of nitrogens with one attached hydrogen (secondary N) is 1. The maximum Gasteiger partial charge on any atom is 0.276 e. The molecular formula is C18H22N2O5S. The molecule has 2 aromatic rings. The first kappa shape index (κ1) is 19.6. The third kappa shape index (κ3) is 5.13. The Labute approximate surface area is 153 Å². The molecule has 140 valence electrons. The van der Waals surface area contributed by atoms with Gasteiger partial charge in [-0.15, -0.1) is 0 Å². The fourth-order valence-corrected chi connectivity index (χ4v) is 2.92. The van der Waals surface area contributed by atoms with E-state index >= 15 is 0 Å². The Morgan fingerprint density at radius 2 is 1.65 bits per heavy atom. The highest BCUT2D eigenvalue weighted by Crippen LogP contribution is 2.29. The molecule has 0 fully saturated rings. The maximum absolute atomic E-state index is 12.3. The maximum atomic E-state index is 12.3. The Hall–Kier alpha value is -2.74. The summed E-state index contributed by atoms with van der Waals surface area (Å²) in [6, 6.07) is 11.5. The Balaban J connectivity index is 2.08. The van der Waals surface area contributed by atoms with E-state index in [4.69, 9.17) is 14.2 Å². The lowest BCUT2D eigenvalue weighted by Crippen LogP contribution is -2.18. The van der Waals surface area contributed by atoms with Crippen LogP contribution in [0.5, 0.6) is 17.2 Å². The smallest absolute Gasteiger partial charge is 0.276 e. The molecule has 0 amide bonds. The van der Waals surface area contributed by atoms with Gasteiger partial charge in [0.05, 0.1) is 31.4 Å². The van der Waals surface area contributed by atoms with Crippen molar-refractivity contribution in [3.05, 3.63) is 48.0 Å². The van der Waals surface area contributed by atoms with Crippen LogP contribution in [0.3, 0.4) is 0 Å². The van der Waals surface area contributed by atoms with E-state index in [-0.39, 0.29) is 11.0 Å². The molecule has 7 nitrogen and oxygen atoms in total. The van der Waals surface area contributed by atoms with Gasteiger partial charge in [-0.25, -0.2) is 4.83 Å². The monoisotopic (exact) mass is 378 g/mol. The molecule has 0 aromatic heterocycles. The predicted molar refractivity (Wildman–Crippen MR) is 99.7 cm³/mol. The minimum atomic E-state index is -3.82. The summed E-state index contributed by atoms with van der Waals surface area (Å²) in [6.45, 7) is 3.89. The molecule has 0 aliphatic carbocycles. The van der Waals surface area contributed by atoms with Crippen molar-refractivity contribution in [2.75, 3.05) is 14.2 Å². The molecule has 0 atom stereocenters. The summed E-state index contributed by atoms with van der Waals surface area (Å²) in [5.74, 6) is 1.50. The topological polar surface area (TPSA) is 86.2 Å². The van der Waals surface area contributed by atoms with E-state index in [2.05, 4.69) is 9.93 Å². The average Bonchev–Trinajstić information content (AvgIpc) is 2.62. The largest absolute Gasteiger partial charge is 0.493 e. The van der Waals surface area contributed by atoms with Gasteiger partial charge in [-0.1, -0.05) is 0 Å². The number of nitrogens with zero attached hydrogens (tertiary/aromatic N) is 1. The third-order valence-electron chi connectivity index (χ3n) is 3.30. The molecule has 2 aromatic carbocycles. The lowest BCUT2D eigenvalue weighted by molar-refractivity contribution is 0.242. The van der Waals surface area contributed by atoms with Gasteiger partial charge in [-0.2, -0.15) is 13.5 Å². The van der Waals surface area contributed by atoms with Crippen molar-refractivity contribution in [1.82, 2.24) is 4.83 Å². The highest BCUT2D eigenvalue weighted by molar-refractivity contribution is 7.89. The summed E-state index contributed by atoms with van der Waals surface area (Å²) >= 11 is 0. The van der Waals surface area contributed by atoms with Crippen molar-refractivity contribution in [2.45, 2.75) is 24.8 Å². The van der Waals surface area contributed by atoms with Crippen molar-refractivity contribution < 1.29 is 22.6 Å². The van der Waals surface area contributed by atoms with Crippen LogP contribution in [0.2, 0.25) is 0 Å². The van der Waals surface area contributed by atoms with Gasteiger partial charge in [0.2, 0.25) is 0 Å². The van der Waals surface area contributed by atoms with Crippen molar-refractivity contribution in [1.29, 1.82) is 0 Å². The van der Waals surface area contributed by atoms with Crippen molar-refractivity contribution >= 4 is 16.2 Å². The van der Waals surface area contributed by atoms with Crippen LogP contribution in [0.1, 0.15) is 19.4 Å². The van der Waals surface area contributed by atoms with Gasteiger partial charge in [0.25, 0.3) is 10.0 Å². The van der Waals surface area contributed by atoms with Crippen LogP contribution >= 0.6 is 0 Å². The van der Waals surface area contributed by atoms with Gasteiger partial charge < -0.3 is 14.2 Å². The summed E-state index contributed by atoms with van der Waals surface area (Å²) in [5.41, 5.74) is 0.733. The number of hydrogen-bond donors (Lipinski definition) is 1. The minimum Gasteiger partial charge on any atom is -0.493 e. The van der Waals surface area contributed by atoms with E-state index in [9.17, 15) is 8.42 Å². The lowest BCUT2D eigenvalue weighted by Gasteiger charge is -2.10. The van der Waals surface area contributed by atoms with E-state index in [0.29, 0.717) is 11.5 Å². The minimum absolute atomic E-state index is 0.0213. The van der Waals surface area contributed by atoms with E-state index < -0.39 is 10.0 Å². The van der Waals surface area contributed by atoms with Crippen LogP contribution in [0.4, 0.5) is 0 Å². The number of methoxy groups -OCH3 is 2. The summed E-state index contributed by atoms with van der Waals surface area (Å²) in [7, 11) is -0.905. The number of ether oxygens (including phenoxy) is 3. The zero-order valence-corrected chi connectivity index (χ0v) is 15.9. The van der Waals surface area contributed by atoms with Crippen molar-refractivity contribution in [3.8, 4) is 17.2 Å². The second-order valence-electron chi connectivity index (χ2n) is 5.61.